The molecule has 1 aliphatic carbocycles. The predicted octanol–water partition coefficient (Wildman–Crippen LogP) is 5.69. The molecule has 200 valence electrons. The van der Waals surface area contributed by atoms with Crippen LogP contribution in [-0.2, 0) is 0 Å². The molecule has 4 aromatic rings. The van der Waals surface area contributed by atoms with Gasteiger partial charge in [-0.05, 0) is 79.1 Å². The highest BCUT2D eigenvalue weighted by Gasteiger charge is 2.41. The van der Waals surface area contributed by atoms with Crippen LogP contribution in [0.25, 0.3) is 16.9 Å². The molecule has 1 saturated carbocycles. The highest BCUT2D eigenvalue weighted by molar-refractivity contribution is 6.31. The van der Waals surface area contributed by atoms with Gasteiger partial charge in [-0.1, -0.05) is 17.7 Å². The molecule has 0 N–H and O–H groups in total. The number of carbonyl (C=O) groups excluding carboxylic acids is 1. The summed E-state index contributed by atoms with van der Waals surface area (Å²) in [6.07, 6.45) is 4.18. The average molecular weight is 547 g/mol. The molecule has 0 aliphatic heterocycles. The zero-order valence-corrected chi connectivity index (χ0v) is 23.1. The maximum Gasteiger partial charge on any atom is 0.274 e. The Morgan fingerprint density at radius 3 is 2.62 bits per heavy atom. The number of halogens is 2. The lowest BCUT2D eigenvalue weighted by Gasteiger charge is -2.17. The van der Waals surface area contributed by atoms with E-state index in [1.807, 2.05) is 32.0 Å². The molecule has 1 fully saturated rings. The first-order valence-corrected chi connectivity index (χ1v) is 12.9. The Bertz CT molecular complexity index is 1670. The summed E-state index contributed by atoms with van der Waals surface area (Å²) in [5.74, 6) is -0.217. The summed E-state index contributed by atoms with van der Waals surface area (Å²) in [4.78, 5) is 36.0. The molecule has 1 amide bonds. The number of amides is 1. The van der Waals surface area contributed by atoms with Gasteiger partial charge < -0.3 is 9.64 Å². The molecular formula is C30H28ClFN4O3. The second-order valence-corrected chi connectivity index (χ2v) is 10.4. The molecule has 3 aromatic heterocycles. The molecule has 7 nitrogen and oxygen atoms in total. The SMILES string of the molecule is COc1cc([C@H]2C[C@@H]2c2cc(C)n(-c3cc(-c4cccc(C(=O)N(C)C)c4F)ncc3C)c(=O)c2Cl)ccn1. The van der Waals surface area contributed by atoms with Crippen LogP contribution < -0.4 is 10.3 Å². The third-order valence-electron chi connectivity index (χ3n) is 7.17. The van der Waals surface area contributed by atoms with Crippen molar-refractivity contribution in [2.75, 3.05) is 21.2 Å². The van der Waals surface area contributed by atoms with E-state index in [2.05, 4.69) is 9.97 Å². The number of carbonyl (C=O) groups is 1. The summed E-state index contributed by atoms with van der Waals surface area (Å²) in [5, 5.41) is 0.164. The molecule has 0 unspecified atom stereocenters. The number of methoxy groups -OCH3 is 1. The van der Waals surface area contributed by atoms with Crippen molar-refractivity contribution in [1.82, 2.24) is 19.4 Å². The fourth-order valence-corrected chi connectivity index (χ4v) is 5.29. The van der Waals surface area contributed by atoms with Crippen LogP contribution >= 0.6 is 11.6 Å². The van der Waals surface area contributed by atoms with Crippen LogP contribution in [0.1, 0.15) is 51.0 Å². The maximum absolute atomic E-state index is 15.4. The van der Waals surface area contributed by atoms with Gasteiger partial charge in [0.2, 0.25) is 5.88 Å². The second kappa shape index (κ2) is 10.3. The molecule has 1 aliphatic rings. The third-order valence-corrected chi connectivity index (χ3v) is 7.55. The maximum atomic E-state index is 15.4. The van der Waals surface area contributed by atoms with Gasteiger partial charge >= 0.3 is 0 Å². The molecule has 0 spiro atoms. The average Bonchev–Trinajstić information content (AvgIpc) is 3.72. The highest BCUT2D eigenvalue weighted by Crippen LogP contribution is 2.56. The highest BCUT2D eigenvalue weighted by atomic mass is 35.5. The van der Waals surface area contributed by atoms with Gasteiger partial charge in [-0.25, -0.2) is 9.37 Å². The largest absolute Gasteiger partial charge is 0.481 e. The minimum Gasteiger partial charge on any atom is -0.481 e. The Kier molecular flexibility index (Phi) is 6.99. The van der Waals surface area contributed by atoms with E-state index in [9.17, 15) is 9.59 Å². The summed E-state index contributed by atoms with van der Waals surface area (Å²) < 4.78 is 22.2. The lowest BCUT2D eigenvalue weighted by Crippen LogP contribution is -2.23. The Morgan fingerprint density at radius 2 is 1.90 bits per heavy atom. The quantitative estimate of drug-likeness (QED) is 0.311. The van der Waals surface area contributed by atoms with Crippen molar-refractivity contribution in [3.05, 3.63) is 104 Å². The molecule has 39 heavy (non-hydrogen) atoms. The van der Waals surface area contributed by atoms with Crippen molar-refractivity contribution >= 4 is 17.5 Å². The zero-order valence-electron chi connectivity index (χ0n) is 22.3. The van der Waals surface area contributed by atoms with Crippen LogP contribution in [0.4, 0.5) is 4.39 Å². The van der Waals surface area contributed by atoms with Gasteiger partial charge in [0.25, 0.3) is 11.5 Å². The van der Waals surface area contributed by atoms with Crippen molar-refractivity contribution in [1.29, 1.82) is 0 Å². The minimum atomic E-state index is -0.663. The van der Waals surface area contributed by atoms with E-state index in [1.54, 1.807) is 51.8 Å². The molecule has 5 rings (SSSR count). The first kappa shape index (κ1) is 26.6. The number of hydrogen-bond donors (Lipinski definition) is 0. The molecule has 9 heteroatoms. The molecule has 3 heterocycles. The molecule has 1 aromatic carbocycles. The fraction of sp³-hybridized carbons (Fsp3) is 0.267. The smallest absolute Gasteiger partial charge is 0.274 e. The van der Waals surface area contributed by atoms with Gasteiger partial charge in [-0.3, -0.25) is 19.1 Å². The normalized spacial score (nSPS) is 16.2. The second-order valence-electron chi connectivity index (χ2n) is 10.00. The molecule has 0 radical (unpaired) electrons. The van der Waals surface area contributed by atoms with Gasteiger partial charge in [-0.15, -0.1) is 0 Å². The molecule has 0 bridgehead atoms. The summed E-state index contributed by atoms with van der Waals surface area (Å²) in [6.45, 7) is 3.68. The van der Waals surface area contributed by atoms with Gasteiger partial charge in [0, 0.05) is 43.8 Å². The van der Waals surface area contributed by atoms with Crippen molar-refractivity contribution in [3.63, 3.8) is 0 Å². The van der Waals surface area contributed by atoms with E-state index in [-0.39, 0.29) is 33.5 Å². The first-order chi connectivity index (χ1) is 18.6. The van der Waals surface area contributed by atoms with Crippen molar-refractivity contribution in [2.45, 2.75) is 32.1 Å². The lowest BCUT2D eigenvalue weighted by atomic mass is 10.0. The fourth-order valence-electron chi connectivity index (χ4n) is 5.02. The van der Waals surface area contributed by atoms with E-state index in [4.69, 9.17) is 16.3 Å². The monoisotopic (exact) mass is 546 g/mol. The Balaban J connectivity index is 1.54. The number of benzene rings is 1. The standard InChI is InChI=1S/C30H28ClFN4O3/c1-16-15-34-24(19-7-6-8-20(28(19)32)29(37)35(3)4)14-25(16)36-17(2)11-23(27(31)30(36)38)22-13-21(22)18-9-10-33-26(12-18)39-5/h6-12,14-15,21-22H,13H2,1-5H3/t21-,22+/m1/s1. The Hall–Kier alpha value is -4.04. The van der Waals surface area contributed by atoms with E-state index in [1.165, 1.54) is 15.5 Å². The van der Waals surface area contributed by atoms with Gasteiger partial charge in [0.1, 0.15) is 10.8 Å². The minimum absolute atomic E-state index is 0.0482. The van der Waals surface area contributed by atoms with Gasteiger partial charge in [0.05, 0.1) is 24.1 Å². The van der Waals surface area contributed by atoms with Crippen LogP contribution in [0, 0.1) is 19.7 Å². The zero-order chi connectivity index (χ0) is 28.0. The number of rotatable bonds is 6. The molecule has 2 atom stereocenters. The Morgan fingerprint density at radius 1 is 1.13 bits per heavy atom. The van der Waals surface area contributed by atoms with Gasteiger partial charge in [0.15, 0.2) is 0 Å². The number of aryl methyl sites for hydroxylation is 2. The van der Waals surface area contributed by atoms with Gasteiger partial charge in [-0.2, -0.15) is 0 Å². The number of pyridine rings is 3. The topological polar surface area (TPSA) is 77.3 Å². The number of ether oxygens (including phenoxy) is 1. The predicted molar refractivity (Wildman–Crippen MR) is 149 cm³/mol. The number of nitrogens with zero attached hydrogens (tertiary/aromatic N) is 4. The summed E-state index contributed by atoms with van der Waals surface area (Å²) >= 11 is 6.70. The summed E-state index contributed by atoms with van der Waals surface area (Å²) in [5.41, 5.74) is 3.96. The Labute approximate surface area is 230 Å². The van der Waals surface area contributed by atoms with Crippen LogP contribution in [-0.4, -0.2) is 46.5 Å². The van der Waals surface area contributed by atoms with Crippen LogP contribution in [0.2, 0.25) is 5.02 Å². The van der Waals surface area contributed by atoms with Crippen molar-refractivity contribution in [3.8, 4) is 22.8 Å². The lowest BCUT2D eigenvalue weighted by molar-refractivity contribution is 0.0823. The van der Waals surface area contributed by atoms with Crippen LogP contribution in [0.3, 0.4) is 0 Å². The first-order valence-electron chi connectivity index (χ1n) is 12.5. The van der Waals surface area contributed by atoms with E-state index in [0.29, 0.717) is 23.0 Å². The van der Waals surface area contributed by atoms with Crippen LogP contribution in [0.5, 0.6) is 5.88 Å². The van der Waals surface area contributed by atoms with Crippen molar-refractivity contribution in [2.24, 2.45) is 0 Å². The van der Waals surface area contributed by atoms with E-state index in [0.717, 1.165) is 23.1 Å². The van der Waals surface area contributed by atoms with E-state index < -0.39 is 11.7 Å². The third kappa shape index (κ3) is 4.81. The number of aromatic nitrogens is 3. The van der Waals surface area contributed by atoms with Crippen LogP contribution in [0.15, 0.2) is 59.7 Å². The van der Waals surface area contributed by atoms with Crippen molar-refractivity contribution < 1.29 is 13.9 Å². The molecular weight excluding hydrogens is 519 g/mol. The number of hydrogen-bond acceptors (Lipinski definition) is 5. The summed E-state index contributed by atoms with van der Waals surface area (Å²) in [7, 11) is 4.71. The summed E-state index contributed by atoms with van der Waals surface area (Å²) in [6, 6.07) is 12.1. The molecule has 0 saturated heterocycles. The van der Waals surface area contributed by atoms with E-state index >= 15 is 4.39 Å².